The Labute approximate surface area is 136 Å². The van der Waals surface area contributed by atoms with Gasteiger partial charge in [0.1, 0.15) is 0 Å². The Balaban J connectivity index is 1.95. The van der Waals surface area contributed by atoms with Gasteiger partial charge >= 0.3 is 0 Å². The summed E-state index contributed by atoms with van der Waals surface area (Å²) >= 11 is 6.28. The number of hydrogen-bond acceptors (Lipinski definition) is 1. The molecule has 2 unspecified atom stereocenters. The monoisotopic (exact) mass is 312 g/mol. The lowest BCUT2D eigenvalue weighted by Crippen LogP contribution is -2.39. The molecule has 0 bridgehead atoms. The number of para-hydroxylation sites is 1. The van der Waals surface area contributed by atoms with Crippen molar-refractivity contribution in [1.82, 2.24) is 9.88 Å². The highest BCUT2D eigenvalue weighted by Gasteiger charge is 2.24. The molecule has 1 saturated heterocycles. The fourth-order valence-electron chi connectivity index (χ4n) is 3.88. The summed E-state index contributed by atoms with van der Waals surface area (Å²) in [6.45, 7) is 3.46. The fourth-order valence-corrected chi connectivity index (χ4v) is 4.05. The highest BCUT2D eigenvalue weighted by Crippen LogP contribution is 2.35. The van der Waals surface area contributed by atoms with E-state index in [-0.39, 0.29) is 0 Å². The van der Waals surface area contributed by atoms with Gasteiger partial charge in [-0.15, -0.1) is 0 Å². The first kappa shape index (κ1) is 14.1. The van der Waals surface area contributed by atoms with Crippen LogP contribution in [0.5, 0.6) is 0 Å². The second-order valence-corrected chi connectivity index (χ2v) is 6.78. The van der Waals surface area contributed by atoms with Crippen LogP contribution < -0.4 is 5.32 Å². The second kappa shape index (κ2) is 5.60. The third-order valence-corrected chi connectivity index (χ3v) is 5.25. The van der Waals surface area contributed by atoms with Crippen molar-refractivity contribution in [2.45, 2.75) is 38.3 Å². The molecule has 0 amide bonds. The zero-order valence-corrected chi connectivity index (χ0v) is 13.6. The summed E-state index contributed by atoms with van der Waals surface area (Å²) in [5, 5.41) is 7.11. The van der Waals surface area contributed by atoms with Gasteiger partial charge in [0.2, 0.25) is 0 Å². The average molecular weight is 313 g/mol. The van der Waals surface area contributed by atoms with E-state index in [1.165, 1.54) is 41.1 Å². The minimum absolute atomic E-state index is 0.418. The van der Waals surface area contributed by atoms with Crippen LogP contribution in [0, 0.1) is 0 Å². The van der Waals surface area contributed by atoms with Gasteiger partial charge in [0.25, 0.3) is 0 Å². The Morgan fingerprint density at radius 2 is 1.91 bits per heavy atom. The van der Waals surface area contributed by atoms with Gasteiger partial charge < -0.3 is 9.88 Å². The number of halogens is 1. The first-order chi connectivity index (χ1) is 10.8. The summed E-state index contributed by atoms with van der Waals surface area (Å²) in [7, 11) is 0. The average Bonchev–Trinajstić information content (AvgIpc) is 2.88. The quantitative estimate of drug-likeness (QED) is 0.692. The lowest BCUT2D eigenvalue weighted by atomic mass is 9.98. The van der Waals surface area contributed by atoms with Gasteiger partial charge in [-0.3, -0.25) is 0 Å². The minimum atomic E-state index is 0.418. The number of fused-ring (bicyclic) bond motifs is 3. The maximum Gasteiger partial charge on any atom is 0.0509 e. The Hall–Kier alpha value is -1.51. The number of hydrogen-bond donors (Lipinski definition) is 1. The Bertz CT molecular complexity index is 815. The van der Waals surface area contributed by atoms with Crippen LogP contribution >= 0.6 is 11.6 Å². The van der Waals surface area contributed by atoms with E-state index in [0.717, 1.165) is 11.6 Å². The third-order valence-electron chi connectivity index (χ3n) is 5.01. The maximum atomic E-state index is 6.28. The highest BCUT2D eigenvalue weighted by atomic mass is 35.5. The smallest absolute Gasteiger partial charge is 0.0509 e. The van der Waals surface area contributed by atoms with E-state index in [2.05, 4.69) is 53.2 Å². The molecule has 3 heteroatoms. The van der Waals surface area contributed by atoms with Gasteiger partial charge in [-0.2, -0.15) is 0 Å². The molecule has 4 rings (SSSR count). The molecule has 3 aromatic rings. The molecule has 22 heavy (non-hydrogen) atoms. The van der Waals surface area contributed by atoms with Crippen molar-refractivity contribution in [2.24, 2.45) is 0 Å². The SMILES string of the molecule is CC(C1CCCCN1)n1c2ccccc2c2ccc(Cl)cc21. The highest BCUT2D eigenvalue weighted by molar-refractivity contribution is 6.31. The van der Waals surface area contributed by atoms with Crippen molar-refractivity contribution in [3.63, 3.8) is 0 Å². The summed E-state index contributed by atoms with van der Waals surface area (Å²) < 4.78 is 2.47. The van der Waals surface area contributed by atoms with Gasteiger partial charge in [0, 0.05) is 33.4 Å². The van der Waals surface area contributed by atoms with Crippen LogP contribution in [0.3, 0.4) is 0 Å². The zero-order valence-electron chi connectivity index (χ0n) is 12.8. The molecule has 2 aromatic carbocycles. The van der Waals surface area contributed by atoms with Crippen molar-refractivity contribution >= 4 is 33.4 Å². The van der Waals surface area contributed by atoms with E-state index in [1.807, 2.05) is 6.07 Å². The van der Waals surface area contributed by atoms with Crippen molar-refractivity contribution in [3.05, 3.63) is 47.5 Å². The van der Waals surface area contributed by atoms with E-state index in [1.54, 1.807) is 0 Å². The van der Waals surface area contributed by atoms with E-state index in [4.69, 9.17) is 11.6 Å². The Morgan fingerprint density at radius 3 is 2.73 bits per heavy atom. The molecule has 2 atom stereocenters. The van der Waals surface area contributed by atoms with E-state index >= 15 is 0 Å². The summed E-state index contributed by atoms with van der Waals surface area (Å²) in [6, 6.07) is 15.9. The van der Waals surface area contributed by atoms with Crippen LogP contribution in [0.25, 0.3) is 21.8 Å². The topological polar surface area (TPSA) is 17.0 Å². The van der Waals surface area contributed by atoms with Crippen LogP contribution in [0.2, 0.25) is 5.02 Å². The number of nitrogens with one attached hydrogen (secondary N) is 1. The van der Waals surface area contributed by atoms with Crippen molar-refractivity contribution in [1.29, 1.82) is 0 Å². The Kier molecular flexibility index (Phi) is 3.59. The predicted molar refractivity (Wildman–Crippen MR) is 94.8 cm³/mol. The molecule has 0 radical (unpaired) electrons. The van der Waals surface area contributed by atoms with Gasteiger partial charge in [0.05, 0.1) is 5.52 Å². The first-order valence-corrected chi connectivity index (χ1v) is 8.55. The largest absolute Gasteiger partial charge is 0.336 e. The van der Waals surface area contributed by atoms with Crippen molar-refractivity contribution < 1.29 is 0 Å². The lowest BCUT2D eigenvalue weighted by molar-refractivity contribution is 0.317. The molecule has 114 valence electrons. The zero-order chi connectivity index (χ0) is 15.1. The van der Waals surface area contributed by atoms with Gasteiger partial charge in [0.15, 0.2) is 0 Å². The molecule has 1 aromatic heterocycles. The van der Waals surface area contributed by atoms with Crippen LogP contribution in [0.4, 0.5) is 0 Å². The van der Waals surface area contributed by atoms with Crippen LogP contribution in [-0.2, 0) is 0 Å². The molecular formula is C19H21ClN2. The van der Waals surface area contributed by atoms with Crippen molar-refractivity contribution in [2.75, 3.05) is 6.54 Å². The third kappa shape index (κ3) is 2.22. The molecule has 0 spiro atoms. The number of benzene rings is 2. The van der Waals surface area contributed by atoms with Crippen LogP contribution in [0.15, 0.2) is 42.5 Å². The van der Waals surface area contributed by atoms with E-state index in [0.29, 0.717) is 12.1 Å². The molecule has 1 aliphatic heterocycles. The molecule has 0 saturated carbocycles. The molecule has 1 aliphatic rings. The maximum absolute atomic E-state index is 6.28. The summed E-state index contributed by atoms with van der Waals surface area (Å²) in [5.74, 6) is 0. The number of rotatable bonds is 2. The number of aromatic nitrogens is 1. The normalized spacial score (nSPS) is 20.5. The summed E-state index contributed by atoms with van der Waals surface area (Å²) in [6.07, 6.45) is 3.86. The number of piperidine rings is 1. The Morgan fingerprint density at radius 1 is 1.09 bits per heavy atom. The van der Waals surface area contributed by atoms with Gasteiger partial charge in [-0.1, -0.05) is 42.3 Å². The van der Waals surface area contributed by atoms with Gasteiger partial charge in [-0.25, -0.2) is 0 Å². The van der Waals surface area contributed by atoms with Crippen molar-refractivity contribution in [3.8, 4) is 0 Å². The molecule has 1 N–H and O–H groups in total. The summed E-state index contributed by atoms with van der Waals surface area (Å²) in [4.78, 5) is 0. The minimum Gasteiger partial charge on any atom is -0.336 e. The standard InChI is InChI=1S/C19H21ClN2/c1-13(17-7-4-5-11-21-17)22-18-8-3-2-6-15(18)16-10-9-14(20)12-19(16)22/h2-3,6,8-10,12-13,17,21H,4-5,7,11H2,1H3. The fraction of sp³-hybridized carbons (Fsp3) is 0.368. The van der Waals surface area contributed by atoms with E-state index < -0.39 is 0 Å². The van der Waals surface area contributed by atoms with Crippen LogP contribution in [-0.4, -0.2) is 17.2 Å². The predicted octanol–water partition coefficient (Wildman–Crippen LogP) is 5.15. The van der Waals surface area contributed by atoms with Crippen LogP contribution in [0.1, 0.15) is 32.2 Å². The van der Waals surface area contributed by atoms with Gasteiger partial charge in [-0.05, 0) is 44.5 Å². The molecule has 2 heterocycles. The lowest BCUT2D eigenvalue weighted by Gasteiger charge is -2.31. The second-order valence-electron chi connectivity index (χ2n) is 6.35. The summed E-state index contributed by atoms with van der Waals surface area (Å²) in [5.41, 5.74) is 2.55. The molecular weight excluding hydrogens is 292 g/mol. The molecule has 0 aliphatic carbocycles. The number of nitrogens with zero attached hydrogens (tertiary/aromatic N) is 1. The molecule has 1 fully saturated rings. The van der Waals surface area contributed by atoms with E-state index in [9.17, 15) is 0 Å². The molecule has 2 nitrogen and oxygen atoms in total. The first-order valence-electron chi connectivity index (χ1n) is 8.17.